The molecule has 2 aromatic rings. The van der Waals surface area contributed by atoms with Crippen molar-refractivity contribution in [2.24, 2.45) is 5.92 Å². The lowest BCUT2D eigenvalue weighted by molar-refractivity contribution is -0.126. The van der Waals surface area contributed by atoms with Gasteiger partial charge >= 0.3 is 0 Å². The highest BCUT2D eigenvalue weighted by Crippen LogP contribution is 2.31. The molecule has 1 aliphatic rings. The normalized spacial score (nSPS) is 19.0. The summed E-state index contributed by atoms with van der Waals surface area (Å²) in [7, 11) is 1.60. The van der Waals surface area contributed by atoms with Crippen molar-refractivity contribution in [2.75, 3.05) is 26.7 Å². The SMILES string of the molecule is C=CCNC(=O)[C@H]1C[C@@H](c2ccccc2)CN(C(=O)c2ccc(OC)cc2)C1. The smallest absolute Gasteiger partial charge is 0.253 e. The first kappa shape index (κ1) is 19.7. The lowest BCUT2D eigenvalue weighted by atomic mass is 9.83. The van der Waals surface area contributed by atoms with Crippen molar-refractivity contribution in [1.82, 2.24) is 10.2 Å². The number of likely N-dealkylation sites (tertiary alicyclic amines) is 1. The lowest BCUT2D eigenvalue weighted by Gasteiger charge is -2.37. The Balaban J connectivity index is 1.82. The third-order valence-electron chi connectivity index (χ3n) is 5.14. The van der Waals surface area contributed by atoms with E-state index in [1.807, 2.05) is 18.2 Å². The first-order valence-corrected chi connectivity index (χ1v) is 9.49. The summed E-state index contributed by atoms with van der Waals surface area (Å²) in [6, 6.07) is 17.2. The molecule has 28 heavy (non-hydrogen) atoms. The van der Waals surface area contributed by atoms with Crippen molar-refractivity contribution in [3.8, 4) is 5.75 Å². The maximum atomic E-state index is 13.1. The zero-order valence-corrected chi connectivity index (χ0v) is 16.1. The molecule has 0 radical (unpaired) electrons. The summed E-state index contributed by atoms with van der Waals surface area (Å²) in [5.41, 5.74) is 1.75. The molecule has 1 fully saturated rings. The van der Waals surface area contributed by atoms with E-state index >= 15 is 0 Å². The van der Waals surface area contributed by atoms with Crippen LogP contribution >= 0.6 is 0 Å². The summed E-state index contributed by atoms with van der Waals surface area (Å²) in [5.74, 6) is 0.481. The average molecular weight is 378 g/mol. The second kappa shape index (κ2) is 9.22. The number of hydrogen-bond acceptors (Lipinski definition) is 3. The van der Waals surface area contributed by atoms with Crippen LogP contribution < -0.4 is 10.1 Å². The molecular weight excluding hydrogens is 352 g/mol. The van der Waals surface area contributed by atoms with Crippen LogP contribution in [0, 0.1) is 5.92 Å². The Morgan fingerprint density at radius 1 is 1.14 bits per heavy atom. The van der Waals surface area contributed by atoms with Crippen LogP contribution in [0.25, 0.3) is 0 Å². The highest BCUT2D eigenvalue weighted by Gasteiger charge is 2.34. The van der Waals surface area contributed by atoms with Crippen LogP contribution in [0.1, 0.15) is 28.3 Å². The Labute approximate surface area is 166 Å². The zero-order chi connectivity index (χ0) is 19.9. The molecule has 5 heteroatoms. The fraction of sp³-hybridized carbons (Fsp3) is 0.304. The number of nitrogens with zero attached hydrogens (tertiary/aromatic N) is 1. The third-order valence-corrected chi connectivity index (χ3v) is 5.14. The van der Waals surface area contributed by atoms with Gasteiger partial charge in [0.1, 0.15) is 5.75 Å². The van der Waals surface area contributed by atoms with Gasteiger partial charge in [-0.2, -0.15) is 0 Å². The van der Waals surface area contributed by atoms with Gasteiger partial charge in [-0.1, -0.05) is 36.4 Å². The van der Waals surface area contributed by atoms with Crippen LogP contribution in [0.15, 0.2) is 67.3 Å². The molecular formula is C23H26N2O3. The van der Waals surface area contributed by atoms with Gasteiger partial charge in [-0.15, -0.1) is 6.58 Å². The van der Waals surface area contributed by atoms with E-state index in [4.69, 9.17) is 4.74 Å². The van der Waals surface area contributed by atoms with Crippen LogP contribution in [0.3, 0.4) is 0 Å². The number of rotatable bonds is 6. The van der Waals surface area contributed by atoms with Crippen molar-refractivity contribution in [3.63, 3.8) is 0 Å². The van der Waals surface area contributed by atoms with Crippen molar-refractivity contribution in [2.45, 2.75) is 12.3 Å². The molecule has 0 spiro atoms. The number of ether oxygens (including phenoxy) is 1. The van der Waals surface area contributed by atoms with Crippen LogP contribution in [0.2, 0.25) is 0 Å². The molecule has 0 saturated carbocycles. The Morgan fingerprint density at radius 3 is 2.50 bits per heavy atom. The molecule has 1 N–H and O–H groups in total. The van der Waals surface area contributed by atoms with E-state index in [0.717, 1.165) is 12.0 Å². The fourth-order valence-electron chi connectivity index (χ4n) is 3.65. The summed E-state index contributed by atoms with van der Waals surface area (Å²) < 4.78 is 5.17. The van der Waals surface area contributed by atoms with Crippen molar-refractivity contribution >= 4 is 11.8 Å². The third kappa shape index (κ3) is 4.60. The number of carbonyl (C=O) groups excluding carboxylic acids is 2. The highest BCUT2D eigenvalue weighted by atomic mass is 16.5. The predicted molar refractivity (Wildman–Crippen MR) is 109 cm³/mol. The number of piperidine rings is 1. The van der Waals surface area contributed by atoms with E-state index in [1.165, 1.54) is 0 Å². The minimum absolute atomic E-state index is 0.0342. The van der Waals surface area contributed by atoms with E-state index in [-0.39, 0.29) is 23.7 Å². The Morgan fingerprint density at radius 2 is 1.86 bits per heavy atom. The molecule has 1 heterocycles. The standard InChI is InChI=1S/C23H26N2O3/c1-3-13-24-22(26)20-14-19(17-7-5-4-6-8-17)15-25(16-20)23(27)18-9-11-21(28-2)12-10-18/h3-12,19-20H,1,13-16H2,2H3,(H,24,26)/t19-,20+/m1/s1. The summed E-state index contributed by atoms with van der Waals surface area (Å²) in [4.78, 5) is 27.5. The van der Waals surface area contributed by atoms with Gasteiger partial charge in [-0.05, 0) is 36.2 Å². The van der Waals surface area contributed by atoms with Gasteiger partial charge in [0.2, 0.25) is 5.91 Å². The Kier molecular flexibility index (Phi) is 6.48. The fourth-order valence-corrected chi connectivity index (χ4v) is 3.65. The first-order chi connectivity index (χ1) is 13.6. The van der Waals surface area contributed by atoms with Gasteiger partial charge in [-0.25, -0.2) is 0 Å². The first-order valence-electron chi connectivity index (χ1n) is 9.49. The van der Waals surface area contributed by atoms with Crippen LogP contribution in [0.5, 0.6) is 5.75 Å². The molecule has 2 aromatic carbocycles. The minimum atomic E-state index is -0.249. The van der Waals surface area contributed by atoms with Gasteiger partial charge in [0, 0.05) is 31.1 Å². The van der Waals surface area contributed by atoms with Gasteiger partial charge in [0.25, 0.3) is 5.91 Å². The van der Waals surface area contributed by atoms with Crippen LogP contribution in [-0.4, -0.2) is 43.5 Å². The van der Waals surface area contributed by atoms with Gasteiger partial charge < -0.3 is 15.0 Å². The molecule has 1 saturated heterocycles. The molecule has 0 aromatic heterocycles. The highest BCUT2D eigenvalue weighted by molar-refractivity contribution is 5.95. The van der Waals surface area contributed by atoms with E-state index < -0.39 is 0 Å². The largest absolute Gasteiger partial charge is 0.497 e. The van der Waals surface area contributed by atoms with Crippen LogP contribution in [0.4, 0.5) is 0 Å². The minimum Gasteiger partial charge on any atom is -0.497 e. The number of carbonyl (C=O) groups is 2. The number of hydrogen-bond donors (Lipinski definition) is 1. The molecule has 3 rings (SSSR count). The van der Waals surface area contributed by atoms with E-state index in [1.54, 1.807) is 42.4 Å². The Bertz CT molecular complexity index is 818. The molecule has 0 unspecified atom stereocenters. The second-order valence-corrected chi connectivity index (χ2v) is 7.01. The Hall–Kier alpha value is -3.08. The van der Waals surface area contributed by atoms with Gasteiger partial charge in [0.05, 0.1) is 13.0 Å². The van der Waals surface area contributed by atoms with Crippen LogP contribution in [-0.2, 0) is 4.79 Å². The molecule has 0 bridgehead atoms. The molecule has 2 amide bonds. The van der Waals surface area contributed by atoms with Gasteiger partial charge in [0.15, 0.2) is 0 Å². The van der Waals surface area contributed by atoms with E-state index in [2.05, 4.69) is 24.0 Å². The predicted octanol–water partition coefficient (Wildman–Crippen LogP) is 3.24. The number of methoxy groups -OCH3 is 1. The van der Waals surface area contributed by atoms with Crippen molar-refractivity contribution in [1.29, 1.82) is 0 Å². The second-order valence-electron chi connectivity index (χ2n) is 7.01. The number of nitrogens with one attached hydrogen (secondary N) is 1. The maximum Gasteiger partial charge on any atom is 0.253 e. The van der Waals surface area contributed by atoms with Crippen molar-refractivity contribution in [3.05, 3.63) is 78.4 Å². The van der Waals surface area contributed by atoms with E-state index in [0.29, 0.717) is 30.9 Å². The summed E-state index contributed by atoms with van der Waals surface area (Å²) in [6.07, 6.45) is 2.38. The molecule has 5 nitrogen and oxygen atoms in total. The maximum absolute atomic E-state index is 13.1. The number of benzene rings is 2. The molecule has 1 aliphatic heterocycles. The summed E-state index contributed by atoms with van der Waals surface area (Å²) in [6.45, 7) is 5.09. The average Bonchev–Trinajstić information content (AvgIpc) is 2.77. The number of amides is 2. The monoisotopic (exact) mass is 378 g/mol. The lowest BCUT2D eigenvalue weighted by Crippen LogP contribution is -2.48. The molecule has 146 valence electrons. The van der Waals surface area contributed by atoms with E-state index in [9.17, 15) is 9.59 Å². The summed E-state index contributed by atoms with van der Waals surface area (Å²) in [5, 5.41) is 2.88. The molecule has 2 atom stereocenters. The zero-order valence-electron chi connectivity index (χ0n) is 16.1. The quantitative estimate of drug-likeness (QED) is 0.785. The van der Waals surface area contributed by atoms with Crippen molar-refractivity contribution < 1.29 is 14.3 Å². The summed E-state index contributed by atoms with van der Waals surface area (Å²) >= 11 is 0. The topological polar surface area (TPSA) is 58.6 Å². The molecule has 0 aliphatic carbocycles. The van der Waals surface area contributed by atoms with Gasteiger partial charge in [-0.3, -0.25) is 9.59 Å².